The van der Waals surface area contributed by atoms with Crippen LogP contribution in [0.3, 0.4) is 0 Å². The van der Waals surface area contributed by atoms with Crippen molar-refractivity contribution in [3.05, 3.63) is 69.2 Å². The molecule has 7 nitrogen and oxygen atoms in total. The SMILES string of the molecule is O=C1CCC(N2Cc3c(ccc(C(=O)NC(c4ccc(F)cc4Cl)C(F)(F)F)c3F)C2O)C(=O)N1. The first-order valence-electron chi connectivity index (χ1n) is 10.3. The molecule has 4 rings (SSSR count). The van der Waals surface area contributed by atoms with Gasteiger partial charge in [0.25, 0.3) is 5.91 Å². The van der Waals surface area contributed by atoms with E-state index in [1.54, 1.807) is 5.32 Å². The lowest BCUT2D eigenvalue weighted by Gasteiger charge is -2.31. The van der Waals surface area contributed by atoms with Gasteiger partial charge in [-0.3, -0.25) is 24.6 Å². The quantitative estimate of drug-likeness (QED) is 0.427. The summed E-state index contributed by atoms with van der Waals surface area (Å²) in [6.45, 7) is -0.317. The zero-order valence-corrected chi connectivity index (χ0v) is 18.4. The molecule has 1 saturated heterocycles. The molecule has 1 fully saturated rings. The first kappa shape index (κ1) is 25.0. The monoisotopic (exact) mass is 517 g/mol. The number of rotatable bonds is 4. The minimum Gasteiger partial charge on any atom is -0.374 e. The lowest BCUT2D eigenvalue weighted by Crippen LogP contribution is -2.51. The number of amides is 3. The van der Waals surface area contributed by atoms with E-state index < -0.39 is 70.0 Å². The standard InChI is InChI=1S/C22H17ClF5N3O4/c23-14-7-9(24)1-2-11(14)18(22(26,27)28)30-19(33)12-4-3-10-13(17(12)25)8-31(21(10)35)15-5-6-16(32)29-20(15)34/h1-4,7,15,18,21,35H,5-6,8H2,(H,30,33)(H,29,32,34). The highest BCUT2D eigenvalue weighted by Gasteiger charge is 2.44. The molecule has 2 aromatic rings. The van der Waals surface area contributed by atoms with Gasteiger partial charge in [-0.1, -0.05) is 23.7 Å². The lowest BCUT2D eigenvalue weighted by molar-refractivity contribution is -0.155. The highest BCUT2D eigenvalue weighted by atomic mass is 35.5. The van der Waals surface area contributed by atoms with E-state index in [0.717, 1.165) is 18.2 Å². The summed E-state index contributed by atoms with van der Waals surface area (Å²) in [5.74, 6) is -4.62. The molecule has 0 spiro atoms. The Hall–Kier alpha value is -3.09. The molecule has 0 aliphatic carbocycles. The van der Waals surface area contributed by atoms with Crippen LogP contribution in [-0.4, -0.2) is 39.9 Å². The van der Waals surface area contributed by atoms with Crippen molar-refractivity contribution in [3.8, 4) is 0 Å². The smallest absolute Gasteiger partial charge is 0.374 e. The Labute approximate surface area is 199 Å². The first-order valence-corrected chi connectivity index (χ1v) is 10.7. The Morgan fingerprint density at radius 2 is 1.91 bits per heavy atom. The number of hydrogen-bond acceptors (Lipinski definition) is 5. The molecule has 0 aromatic heterocycles. The summed E-state index contributed by atoms with van der Waals surface area (Å²) in [5.41, 5.74) is -1.49. The van der Waals surface area contributed by atoms with E-state index >= 15 is 4.39 Å². The molecule has 2 heterocycles. The van der Waals surface area contributed by atoms with E-state index in [9.17, 15) is 37.1 Å². The van der Waals surface area contributed by atoms with Crippen LogP contribution in [0.1, 0.15) is 52.2 Å². The Morgan fingerprint density at radius 3 is 2.54 bits per heavy atom. The largest absolute Gasteiger partial charge is 0.412 e. The number of halogens is 6. The second-order valence-electron chi connectivity index (χ2n) is 8.12. The van der Waals surface area contributed by atoms with Gasteiger partial charge in [0.15, 0.2) is 6.04 Å². The van der Waals surface area contributed by atoms with Crippen LogP contribution in [0, 0.1) is 11.6 Å². The second-order valence-corrected chi connectivity index (χ2v) is 8.53. The van der Waals surface area contributed by atoms with Gasteiger partial charge in [-0.15, -0.1) is 0 Å². The fourth-order valence-corrected chi connectivity index (χ4v) is 4.50. The van der Waals surface area contributed by atoms with Crippen molar-refractivity contribution < 1.29 is 41.4 Å². The van der Waals surface area contributed by atoms with Crippen LogP contribution < -0.4 is 10.6 Å². The number of benzene rings is 2. The molecular weight excluding hydrogens is 501 g/mol. The number of fused-ring (bicyclic) bond motifs is 1. The van der Waals surface area contributed by atoms with E-state index in [0.29, 0.717) is 6.07 Å². The minimum absolute atomic E-state index is 0.0108. The molecule has 0 radical (unpaired) electrons. The van der Waals surface area contributed by atoms with E-state index in [2.05, 4.69) is 5.32 Å². The van der Waals surface area contributed by atoms with Gasteiger partial charge in [0.1, 0.15) is 17.9 Å². The summed E-state index contributed by atoms with van der Waals surface area (Å²) in [5, 5.41) is 13.8. The molecule has 3 N–H and O–H groups in total. The third-order valence-corrected chi connectivity index (χ3v) is 6.27. The van der Waals surface area contributed by atoms with Crippen molar-refractivity contribution >= 4 is 29.3 Å². The van der Waals surface area contributed by atoms with E-state index in [4.69, 9.17) is 11.6 Å². The first-order chi connectivity index (χ1) is 16.4. The molecule has 3 atom stereocenters. The topological polar surface area (TPSA) is 98.7 Å². The predicted molar refractivity (Wildman–Crippen MR) is 111 cm³/mol. The molecular formula is C22H17ClF5N3O4. The highest BCUT2D eigenvalue weighted by Crippen LogP contribution is 2.39. The van der Waals surface area contributed by atoms with Gasteiger partial charge in [-0.05, 0) is 24.6 Å². The van der Waals surface area contributed by atoms with Crippen LogP contribution in [0.5, 0.6) is 0 Å². The van der Waals surface area contributed by atoms with E-state index in [1.165, 1.54) is 11.0 Å². The maximum Gasteiger partial charge on any atom is 0.412 e. The summed E-state index contributed by atoms with van der Waals surface area (Å²) in [4.78, 5) is 37.5. The Kier molecular flexibility index (Phi) is 6.56. The number of aliphatic hydroxyl groups is 1. The van der Waals surface area contributed by atoms with Gasteiger partial charge in [0.2, 0.25) is 11.8 Å². The maximum atomic E-state index is 15.3. The molecule has 2 aliphatic heterocycles. The Balaban J connectivity index is 1.61. The molecule has 35 heavy (non-hydrogen) atoms. The van der Waals surface area contributed by atoms with Crippen LogP contribution in [0.25, 0.3) is 0 Å². The zero-order chi connectivity index (χ0) is 25.7. The van der Waals surface area contributed by atoms with Crippen molar-refractivity contribution in [1.82, 2.24) is 15.5 Å². The molecule has 2 aliphatic rings. The number of aliphatic hydroxyl groups excluding tert-OH is 1. The summed E-state index contributed by atoms with van der Waals surface area (Å²) in [6.07, 6.45) is -6.38. The number of carbonyl (C=O) groups is 3. The summed E-state index contributed by atoms with van der Waals surface area (Å²) in [6, 6.07) is 0.667. The number of hydrogen-bond donors (Lipinski definition) is 3. The van der Waals surface area contributed by atoms with Crippen LogP contribution >= 0.6 is 11.6 Å². The third-order valence-electron chi connectivity index (χ3n) is 5.94. The molecule has 3 unspecified atom stereocenters. The molecule has 2 aromatic carbocycles. The van der Waals surface area contributed by atoms with Crippen LogP contribution in [0.4, 0.5) is 22.0 Å². The van der Waals surface area contributed by atoms with Crippen LogP contribution in [0.2, 0.25) is 5.02 Å². The number of carbonyl (C=O) groups excluding carboxylic acids is 3. The van der Waals surface area contributed by atoms with Crippen molar-refractivity contribution in [2.45, 2.75) is 43.9 Å². The van der Waals surface area contributed by atoms with Gasteiger partial charge in [-0.2, -0.15) is 13.2 Å². The molecule has 0 bridgehead atoms. The fourth-order valence-electron chi connectivity index (χ4n) is 4.22. The summed E-state index contributed by atoms with van der Waals surface area (Å²) in [7, 11) is 0. The highest BCUT2D eigenvalue weighted by molar-refractivity contribution is 6.31. The van der Waals surface area contributed by atoms with Gasteiger partial charge < -0.3 is 10.4 Å². The van der Waals surface area contributed by atoms with Crippen molar-refractivity contribution in [3.63, 3.8) is 0 Å². The van der Waals surface area contributed by atoms with Crippen LogP contribution in [0.15, 0.2) is 30.3 Å². The molecule has 13 heteroatoms. The zero-order valence-electron chi connectivity index (χ0n) is 17.6. The minimum atomic E-state index is -5.04. The van der Waals surface area contributed by atoms with Crippen molar-refractivity contribution in [2.75, 3.05) is 0 Å². The fraction of sp³-hybridized carbons (Fsp3) is 0.318. The number of piperidine rings is 1. The predicted octanol–water partition coefficient (Wildman–Crippen LogP) is 3.26. The Bertz CT molecular complexity index is 1220. The normalized spacial score (nSPS) is 21.5. The number of nitrogens with one attached hydrogen (secondary N) is 2. The van der Waals surface area contributed by atoms with Gasteiger partial charge in [0, 0.05) is 34.7 Å². The summed E-state index contributed by atoms with van der Waals surface area (Å²) >= 11 is 5.74. The van der Waals surface area contributed by atoms with Gasteiger partial charge in [0.05, 0.1) is 11.6 Å². The molecule has 3 amide bonds. The van der Waals surface area contributed by atoms with Crippen molar-refractivity contribution in [1.29, 1.82) is 0 Å². The Morgan fingerprint density at radius 1 is 1.20 bits per heavy atom. The number of imide groups is 1. The lowest BCUT2D eigenvalue weighted by atomic mass is 10.0. The third kappa shape index (κ3) is 4.73. The molecule has 0 saturated carbocycles. The molecule has 186 valence electrons. The van der Waals surface area contributed by atoms with E-state index in [-0.39, 0.29) is 30.5 Å². The van der Waals surface area contributed by atoms with Gasteiger partial charge >= 0.3 is 6.18 Å². The average molecular weight is 518 g/mol. The van der Waals surface area contributed by atoms with Crippen LogP contribution in [-0.2, 0) is 16.1 Å². The number of alkyl halides is 3. The number of nitrogens with zero attached hydrogens (tertiary/aromatic N) is 1. The van der Waals surface area contributed by atoms with E-state index in [1.807, 2.05) is 0 Å². The summed E-state index contributed by atoms with van der Waals surface area (Å²) < 4.78 is 69.6. The van der Waals surface area contributed by atoms with Crippen molar-refractivity contribution in [2.24, 2.45) is 0 Å². The van der Waals surface area contributed by atoms with Gasteiger partial charge in [-0.25, -0.2) is 8.78 Å². The average Bonchev–Trinajstić information content (AvgIpc) is 3.09. The second kappa shape index (κ2) is 9.17. The maximum absolute atomic E-state index is 15.3.